The number of nitrogens with zero attached hydrogens (tertiary/aromatic N) is 2. The van der Waals surface area contributed by atoms with Gasteiger partial charge in [0.2, 0.25) is 5.88 Å². The lowest BCUT2D eigenvalue weighted by molar-refractivity contribution is -0.123. The number of hydrogen-bond donors (Lipinski definition) is 1. The minimum Gasteiger partial charge on any atom is -0.467 e. The fraction of sp³-hybridized carbons (Fsp3) is 0.500. The summed E-state index contributed by atoms with van der Waals surface area (Å²) in [5.74, 6) is 0.266. The second-order valence-corrected chi connectivity index (χ2v) is 3.51. The van der Waals surface area contributed by atoms with Gasteiger partial charge in [-0.25, -0.2) is 9.97 Å². The summed E-state index contributed by atoms with van der Waals surface area (Å²) in [6, 6.07) is 1.80. The summed E-state index contributed by atoms with van der Waals surface area (Å²) in [4.78, 5) is 19.0. The van der Waals surface area contributed by atoms with Crippen LogP contribution in [0.1, 0.15) is 19.5 Å². The summed E-state index contributed by atoms with van der Waals surface area (Å²) in [5.41, 5.74) is 0.810. The Hall–Kier alpha value is -1.65. The van der Waals surface area contributed by atoms with E-state index in [-0.39, 0.29) is 18.6 Å². The molecule has 1 aromatic rings. The van der Waals surface area contributed by atoms with Gasteiger partial charge in [-0.15, -0.1) is 0 Å². The molecule has 0 aliphatic heterocycles. The minimum absolute atomic E-state index is 0.0192. The number of aryl methyl sites for hydroxylation is 1. The maximum absolute atomic E-state index is 11.2. The maximum atomic E-state index is 11.2. The summed E-state index contributed by atoms with van der Waals surface area (Å²) in [6.45, 7) is 5.61. The van der Waals surface area contributed by atoms with Gasteiger partial charge in [-0.05, 0) is 20.8 Å². The predicted octanol–water partition coefficient (Wildman–Crippen LogP) is 0.688. The van der Waals surface area contributed by atoms with Crippen LogP contribution in [0.4, 0.5) is 0 Å². The molecular weight excluding hydrogens is 194 g/mol. The van der Waals surface area contributed by atoms with Crippen LogP contribution in [-0.2, 0) is 4.79 Å². The van der Waals surface area contributed by atoms with Crippen molar-refractivity contribution in [2.24, 2.45) is 0 Å². The van der Waals surface area contributed by atoms with E-state index in [9.17, 15) is 4.79 Å². The molecule has 5 nitrogen and oxygen atoms in total. The van der Waals surface area contributed by atoms with Crippen molar-refractivity contribution in [1.82, 2.24) is 15.3 Å². The zero-order chi connectivity index (χ0) is 11.3. The van der Waals surface area contributed by atoms with Crippen molar-refractivity contribution >= 4 is 5.91 Å². The third-order valence-electron chi connectivity index (χ3n) is 1.58. The molecule has 0 spiro atoms. The second-order valence-electron chi connectivity index (χ2n) is 3.51. The molecule has 1 N–H and O–H groups in total. The molecule has 5 heteroatoms. The zero-order valence-electron chi connectivity index (χ0n) is 9.15. The molecule has 0 fully saturated rings. The molecule has 0 radical (unpaired) electrons. The maximum Gasteiger partial charge on any atom is 0.258 e. The molecule has 0 unspecified atom stereocenters. The van der Waals surface area contributed by atoms with Gasteiger partial charge in [0.15, 0.2) is 6.61 Å². The highest BCUT2D eigenvalue weighted by molar-refractivity contribution is 5.77. The van der Waals surface area contributed by atoms with E-state index in [0.29, 0.717) is 5.88 Å². The molecule has 1 amide bonds. The number of ether oxygens (including phenoxy) is 1. The van der Waals surface area contributed by atoms with Crippen LogP contribution < -0.4 is 10.1 Å². The van der Waals surface area contributed by atoms with Crippen molar-refractivity contribution in [3.8, 4) is 5.88 Å². The van der Waals surface area contributed by atoms with Crippen LogP contribution in [0.2, 0.25) is 0 Å². The average molecular weight is 209 g/mol. The van der Waals surface area contributed by atoms with Gasteiger partial charge in [0.1, 0.15) is 6.33 Å². The molecule has 0 saturated carbocycles. The number of carbonyl (C=O) groups excluding carboxylic acids is 1. The Morgan fingerprint density at radius 3 is 2.87 bits per heavy atom. The molecule has 82 valence electrons. The van der Waals surface area contributed by atoms with Crippen LogP contribution >= 0.6 is 0 Å². The summed E-state index contributed by atoms with van der Waals surface area (Å²) >= 11 is 0. The highest BCUT2D eigenvalue weighted by atomic mass is 16.5. The van der Waals surface area contributed by atoms with Gasteiger partial charge in [0.05, 0.1) is 0 Å². The molecule has 0 bridgehead atoms. The lowest BCUT2D eigenvalue weighted by Gasteiger charge is -2.08. The van der Waals surface area contributed by atoms with E-state index in [2.05, 4.69) is 15.3 Å². The molecule has 0 aliphatic carbocycles. The highest BCUT2D eigenvalue weighted by Crippen LogP contribution is 2.04. The Morgan fingerprint density at radius 1 is 1.53 bits per heavy atom. The Kier molecular flexibility index (Phi) is 4.03. The average Bonchev–Trinajstić information content (AvgIpc) is 2.14. The van der Waals surface area contributed by atoms with Gasteiger partial charge < -0.3 is 10.1 Å². The quantitative estimate of drug-likeness (QED) is 0.792. The van der Waals surface area contributed by atoms with Gasteiger partial charge in [-0.3, -0.25) is 4.79 Å². The lowest BCUT2D eigenvalue weighted by atomic mass is 10.4. The summed E-state index contributed by atoms with van der Waals surface area (Å²) in [7, 11) is 0. The van der Waals surface area contributed by atoms with Crippen molar-refractivity contribution in [2.45, 2.75) is 26.8 Å². The van der Waals surface area contributed by atoms with E-state index >= 15 is 0 Å². The summed E-state index contributed by atoms with van der Waals surface area (Å²) in [6.07, 6.45) is 1.41. The van der Waals surface area contributed by atoms with Crippen LogP contribution in [0.25, 0.3) is 0 Å². The third kappa shape index (κ3) is 4.39. The van der Waals surface area contributed by atoms with Crippen LogP contribution in [0.5, 0.6) is 5.88 Å². The van der Waals surface area contributed by atoms with E-state index in [1.165, 1.54) is 6.33 Å². The van der Waals surface area contributed by atoms with E-state index < -0.39 is 0 Å². The van der Waals surface area contributed by atoms with E-state index in [4.69, 9.17) is 4.74 Å². The molecule has 0 saturated heterocycles. The number of amides is 1. The number of nitrogens with one attached hydrogen (secondary N) is 1. The van der Waals surface area contributed by atoms with Crippen LogP contribution in [0, 0.1) is 6.92 Å². The predicted molar refractivity (Wildman–Crippen MR) is 55.5 cm³/mol. The molecule has 15 heavy (non-hydrogen) atoms. The third-order valence-corrected chi connectivity index (χ3v) is 1.58. The van der Waals surface area contributed by atoms with Gasteiger partial charge in [-0.2, -0.15) is 0 Å². The fourth-order valence-corrected chi connectivity index (χ4v) is 1.01. The molecule has 1 heterocycles. The molecular formula is C10H15N3O2. The first-order valence-electron chi connectivity index (χ1n) is 4.78. The molecule has 1 aromatic heterocycles. The molecule has 1 rings (SSSR count). The smallest absolute Gasteiger partial charge is 0.258 e. The first kappa shape index (κ1) is 11.4. The molecule has 0 aliphatic rings. The van der Waals surface area contributed by atoms with Crippen LogP contribution in [0.15, 0.2) is 12.4 Å². The fourth-order valence-electron chi connectivity index (χ4n) is 1.01. The monoisotopic (exact) mass is 209 g/mol. The lowest BCUT2D eigenvalue weighted by Crippen LogP contribution is -2.34. The number of carbonyl (C=O) groups is 1. The minimum atomic E-state index is -0.152. The standard InChI is InChI=1S/C10H15N3O2/c1-7(2)13-9(14)5-15-10-4-8(3)11-6-12-10/h4,6-7H,5H2,1-3H3,(H,13,14). The van der Waals surface area contributed by atoms with Gasteiger partial charge in [-0.1, -0.05) is 0 Å². The first-order valence-corrected chi connectivity index (χ1v) is 4.78. The highest BCUT2D eigenvalue weighted by Gasteiger charge is 2.04. The Labute approximate surface area is 88.9 Å². The van der Waals surface area contributed by atoms with Crippen molar-refractivity contribution in [2.75, 3.05) is 6.61 Å². The van der Waals surface area contributed by atoms with Crippen LogP contribution in [0.3, 0.4) is 0 Å². The van der Waals surface area contributed by atoms with E-state index in [1.54, 1.807) is 6.07 Å². The molecule has 0 aromatic carbocycles. The Bertz CT molecular complexity index is 339. The number of rotatable bonds is 4. The summed E-state index contributed by atoms with van der Waals surface area (Å²) in [5, 5.41) is 2.72. The molecule has 0 atom stereocenters. The largest absolute Gasteiger partial charge is 0.467 e. The van der Waals surface area contributed by atoms with Gasteiger partial charge >= 0.3 is 0 Å². The first-order chi connectivity index (χ1) is 7.08. The normalized spacial score (nSPS) is 10.1. The van der Waals surface area contributed by atoms with Crippen molar-refractivity contribution in [1.29, 1.82) is 0 Å². The van der Waals surface area contributed by atoms with Crippen molar-refractivity contribution in [3.05, 3.63) is 18.1 Å². The van der Waals surface area contributed by atoms with E-state index in [1.807, 2.05) is 20.8 Å². The SMILES string of the molecule is Cc1cc(OCC(=O)NC(C)C)ncn1. The number of hydrogen-bond acceptors (Lipinski definition) is 4. The Morgan fingerprint density at radius 2 is 2.27 bits per heavy atom. The Balaban J connectivity index is 2.40. The van der Waals surface area contributed by atoms with Crippen molar-refractivity contribution in [3.63, 3.8) is 0 Å². The van der Waals surface area contributed by atoms with Crippen molar-refractivity contribution < 1.29 is 9.53 Å². The van der Waals surface area contributed by atoms with Gasteiger partial charge in [0, 0.05) is 17.8 Å². The zero-order valence-corrected chi connectivity index (χ0v) is 9.15. The van der Waals surface area contributed by atoms with Gasteiger partial charge in [0.25, 0.3) is 5.91 Å². The topological polar surface area (TPSA) is 64.1 Å². The summed E-state index contributed by atoms with van der Waals surface area (Å²) < 4.78 is 5.19. The van der Waals surface area contributed by atoms with E-state index in [0.717, 1.165) is 5.69 Å². The second kappa shape index (κ2) is 5.29. The van der Waals surface area contributed by atoms with Crippen LogP contribution in [-0.4, -0.2) is 28.5 Å². The number of aromatic nitrogens is 2.